The van der Waals surface area contributed by atoms with E-state index in [0.717, 1.165) is 0 Å². The maximum absolute atomic E-state index is 12.0. The number of anilines is 3. The van der Waals surface area contributed by atoms with Gasteiger partial charge in [0, 0.05) is 24.0 Å². The van der Waals surface area contributed by atoms with Crippen LogP contribution in [-0.2, 0) is 14.3 Å². The van der Waals surface area contributed by atoms with Crippen molar-refractivity contribution in [2.75, 3.05) is 29.6 Å². The largest absolute Gasteiger partial charge is 0.465 e. The number of rotatable bonds is 6. The van der Waals surface area contributed by atoms with Gasteiger partial charge in [-0.3, -0.25) is 9.59 Å². The Morgan fingerprint density at radius 1 is 0.920 bits per heavy atom. The van der Waals surface area contributed by atoms with Crippen molar-refractivity contribution >= 4 is 34.8 Å². The van der Waals surface area contributed by atoms with Crippen molar-refractivity contribution in [1.29, 1.82) is 0 Å². The van der Waals surface area contributed by atoms with Gasteiger partial charge in [0.15, 0.2) is 0 Å². The monoisotopic (exact) mass is 341 g/mol. The van der Waals surface area contributed by atoms with Crippen LogP contribution in [0.3, 0.4) is 0 Å². The van der Waals surface area contributed by atoms with Crippen molar-refractivity contribution in [1.82, 2.24) is 0 Å². The minimum Gasteiger partial charge on any atom is -0.465 e. The Bertz CT molecular complexity index is 789. The third-order valence-corrected chi connectivity index (χ3v) is 3.20. The molecule has 0 saturated heterocycles. The van der Waals surface area contributed by atoms with Gasteiger partial charge in [-0.2, -0.15) is 0 Å². The highest BCUT2D eigenvalue weighted by Crippen LogP contribution is 2.15. The molecule has 3 N–H and O–H groups in total. The molecule has 7 nitrogen and oxygen atoms in total. The molecule has 0 aliphatic carbocycles. The number of amides is 2. The molecule has 7 heteroatoms. The lowest BCUT2D eigenvalue weighted by molar-refractivity contribution is -0.115. The van der Waals surface area contributed by atoms with Crippen LogP contribution < -0.4 is 16.0 Å². The molecule has 0 aliphatic rings. The minimum absolute atomic E-state index is 0.0337. The third-order valence-electron chi connectivity index (χ3n) is 3.20. The van der Waals surface area contributed by atoms with Gasteiger partial charge in [0.2, 0.25) is 11.8 Å². The molecule has 2 rings (SSSR count). The van der Waals surface area contributed by atoms with Crippen LogP contribution >= 0.6 is 0 Å². The second kappa shape index (κ2) is 8.49. The van der Waals surface area contributed by atoms with Crippen molar-refractivity contribution in [2.24, 2.45) is 0 Å². The van der Waals surface area contributed by atoms with E-state index in [4.69, 9.17) is 0 Å². The van der Waals surface area contributed by atoms with Crippen LogP contribution in [-0.4, -0.2) is 31.4 Å². The Kier molecular flexibility index (Phi) is 6.11. The molecule has 0 aromatic heterocycles. The maximum atomic E-state index is 12.0. The summed E-state index contributed by atoms with van der Waals surface area (Å²) in [5.41, 5.74) is 2.20. The van der Waals surface area contributed by atoms with Crippen molar-refractivity contribution < 1.29 is 19.1 Å². The van der Waals surface area contributed by atoms with Gasteiger partial charge in [0.25, 0.3) is 0 Å². The first kappa shape index (κ1) is 18.0. The summed E-state index contributed by atoms with van der Waals surface area (Å²) in [5.74, 6) is -0.906. The van der Waals surface area contributed by atoms with Crippen molar-refractivity contribution in [3.05, 3.63) is 54.1 Å². The average Bonchev–Trinajstić information content (AvgIpc) is 2.59. The molecule has 0 saturated carbocycles. The van der Waals surface area contributed by atoms with Gasteiger partial charge in [-0.25, -0.2) is 4.79 Å². The first-order chi connectivity index (χ1) is 12.0. The molecule has 2 amide bonds. The summed E-state index contributed by atoms with van der Waals surface area (Å²) < 4.78 is 4.65. The summed E-state index contributed by atoms with van der Waals surface area (Å²) in [6.45, 7) is 1.46. The Hall–Kier alpha value is -3.35. The minimum atomic E-state index is -0.469. The number of carbonyl (C=O) groups is 3. The van der Waals surface area contributed by atoms with Gasteiger partial charge in [0.1, 0.15) is 0 Å². The molecule has 0 radical (unpaired) electrons. The molecular weight excluding hydrogens is 322 g/mol. The summed E-state index contributed by atoms with van der Waals surface area (Å²) in [7, 11) is 1.30. The smallest absolute Gasteiger partial charge is 0.337 e. The number of methoxy groups -OCH3 is 1. The van der Waals surface area contributed by atoms with Crippen LogP contribution in [0.15, 0.2) is 48.5 Å². The normalized spacial score (nSPS) is 9.84. The predicted molar refractivity (Wildman–Crippen MR) is 95.6 cm³/mol. The maximum Gasteiger partial charge on any atom is 0.337 e. The fourth-order valence-corrected chi connectivity index (χ4v) is 2.14. The SMILES string of the molecule is COC(=O)c1cccc(NC(=O)CNc2cccc(NC(C)=O)c2)c1. The van der Waals surface area contributed by atoms with Crippen molar-refractivity contribution in [2.45, 2.75) is 6.92 Å². The molecule has 130 valence electrons. The molecule has 2 aromatic carbocycles. The van der Waals surface area contributed by atoms with E-state index in [-0.39, 0.29) is 18.4 Å². The van der Waals surface area contributed by atoms with E-state index in [1.807, 2.05) is 0 Å². The van der Waals surface area contributed by atoms with E-state index in [2.05, 4.69) is 20.7 Å². The lowest BCUT2D eigenvalue weighted by atomic mass is 10.2. The summed E-state index contributed by atoms with van der Waals surface area (Å²) in [5, 5.41) is 8.34. The van der Waals surface area contributed by atoms with Crippen LogP contribution in [0.4, 0.5) is 17.1 Å². The molecule has 0 unspecified atom stereocenters. The molecular formula is C18H19N3O4. The van der Waals surface area contributed by atoms with E-state index in [9.17, 15) is 14.4 Å². The molecule has 0 atom stereocenters. The number of benzene rings is 2. The molecule has 0 fully saturated rings. The number of ether oxygens (including phenoxy) is 1. The Balaban J connectivity index is 1.93. The van der Waals surface area contributed by atoms with Crippen LogP contribution in [0.1, 0.15) is 17.3 Å². The van der Waals surface area contributed by atoms with E-state index in [1.165, 1.54) is 14.0 Å². The van der Waals surface area contributed by atoms with Gasteiger partial charge in [-0.1, -0.05) is 12.1 Å². The van der Waals surface area contributed by atoms with E-state index in [0.29, 0.717) is 22.6 Å². The van der Waals surface area contributed by atoms with Crippen LogP contribution in [0, 0.1) is 0 Å². The summed E-state index contributed by atoms with van der Waals surface area (Å²) in [6, 6.07) is 13.5. The summed E-state index contributed by atoms with van der Waals surface area (Å²) in [4.78, 5) is 34.6. The first-order valence-electron chi connectivity index (χ1n) is 7.57. The van der Waals surface area contributed by atoms with E-state index >= 15 is 0 Å². The molecule has 0 heterocycles. The highest BCUT2D eigenvalue weighted by Gasteiger charge is 2.08. The Labute approximate surface area is 145 Å². The van der Waals surface area contributed by atoms with Crippen molar-refractivity contribution in [3.63, 3.8) is 0 Å². The Morgan fingerprint density at radius 3 is 2.24 bits per heavy atom. The van der Waals surface area contributed by atoms with Crippen LogP contribution in [0.5, 0.6) is 0 Å². The fraction of sp³-hybridized carbons (Fsp3) is 0.167. The summed E-state index contributed by atoms with van der Waals surface area (Å²) in [6.07, 6.45) is 0. The summed E-state index contributed by atoms with van der Waals surface area (Å²) >= 11 is 0. The molecule has 2 aromatic rings. The first-order valence-corrected chi connectivity index (χ1v) is 7.57. The van der Waals surface area contributed by atoms with Crippen molar-refractivity contribution in [3.8, 4) is 0 Å². The van der Waals surface area contributed by atoms with Gasteiger partial charge in [-0.05, 0) is 36.4 Å². The number of hydrogen-bond acceptors (Lipinski definition) is 5. The number of nitrogens with one attached hydrogen (secondary N) is 3. The second-order valence-corrected chi connectivity index (χ2v) is 5.24. The van der Waals surface area contributed by atoms with Crippen LogP contribution in [0.25, 0.3) is 0 Å². The lowest BCUT2D eigenvalue weighted by Crippen LogP contribution is -2.22. The molecule has 0 bridgehead atoms. The molecule has 0 spiro atoms. The van der Waals surface area contributed by atoms with E-state index < -0.39 is 5.97 Å². The topological polar surface area (TPSA) is 96.5 Å². The van der Waals surface area contributed by atoms with Crippen LogP contribution in [0.2, 0.25) is 0 Å². The second-order valence-electron chi connectivity index (χ2n) is 5.24. The van der Waals surface area contributed by atoms with Gasteiger partial charge in [0.05, 0.1) is 19.2 Å². The molecule has 0 aliphatic heterocycles. The van der Waals surface area contributed by atoms with Gasteiger partial charge in [-0.15, -0.1) is 0 Å². The quantitative estimate of drug-likeness (QED) is 0.702. The lowest BCUT2D eigenvalue weighted by Gasteiger charge is -2.10. The zero-order valence-electron chi connectivity index (χ0n) is 14.0. The van der Waals surface area contributed by atoms with Gasteiger partial charge < -0.3 is 20.7 Å². The van der Waals surface area contributed by atoms with Gasteiger partial charge >= 0.3 is 5.97 Å². The molecule has 25 heavy (non-hydrogen) atoms. The highest BCUT2D eigenvalue weighted by atomic mass is 16.5. The average molecular weight is 341 g/mol. The number of hydrogen-bond donors (Lipinski definition) is 3. The zero-order chi connectivity index (χ0) is 18.2. The fourth-order valence-electron chi connectivity index (χ4n) is 2.14. The third kappa shape index (κ3) is 5.65. The zero-order valence-corrected chi connectivity index (χ0v) is 14.0. The Morgan fingerprint density at radius 2 is 1.56 bits per heavy atom. The number of carbonyl (C=O) groups excluding carboxylic acids is 3. The standard InChI is InChI=1S/C18H19N3O4/c1-12(22)20-16-8-4-6-14(10-16)19-11-17(23)21-15-7-3-5-13(9-15)18(24)25-2/h3-10,19H,11H2,1-2H3,(H,20,22)(H,21,23). The predicted octanol–water partition coefficient (Wildman–Crippen LogP) is 2.48. The highest BCUT2D eigenvalue weighted by molar-refractivity contribution is 5.96. The van der Waals surface area contributed by atoms with E-state index in [1.54, 1.807) is 48.5 Å². The number of esters is 1.